The standard InChI is InChI=1S/C29H29N3O5/c30-27(34)24(18-20-13-15-23(16-14-20)26(33)22-10-5-2-6-11-22)31-28(35)25-12-7-17-32(25)29(36)37-19-21-8-3-1-4-9-21/h1-6,8-11,13-16,24-25H,7,12,17-19H2,(H2,30,34)(H,31,35)/t24-,25-/m1/s1. The summed E-state index contributed by atoms with van der Waals surface area (Å²) in [5.74, 6) is -1.24. The lowest BCUT2D eigenvalue weighted by Crippen LogP contribution is -2.53. The lowest BCUT2D eigenvalue weighted by molar-refractivity contribution is -0.130. The van der Waals surface area contributed by atoms with Crippen LogP contribution < -0.4 is 11.1 Å². The zero-order valence-corrected chi connectivity index (χ0v) is 20.3. The summed E-state index contributed by atoms with van der Waals surface area (Å²) in [6.07, 6.45) is 0.701. The van der Waals surface area contributed by atoms with Crippen LogP contribution in [0.25, 0.3) is 0 Å². The Morgan fingerprint density at radius 1 is 0.865 bits per heavy atom. The van der Waals surface area contributed by atoms with Crippen molar-refractivity contribution in [2.24, 2.45) is 5.73 Å². The van der Waals surface area contributed by atoms with Crippen LogP contribution in [-0.2, 0) is 27.4 Å². The van der Waals surface area contributed by atoms with Gasteiger partial charge in [0.1, 0.15) is 18.7 Å². The van der Waals surface area contributed by atoms with Crippen LogP contribution in [0.1, 0.15) is 39.9 Å². The summed E-state index contributed by atoms with van der Waals surface area (Å²) in [6, 6.07) is 23.4. The van der Waals surface area contributed by atoms with Crippen molar-refractivity contribution in [3.8, 4) is 0 Å². The molecule has 0 saturated carbocycles. The molecule has 3 aromatic rings. The van der Waals surface area contributed by atoms with Crippen molar-refractivity contribution in [1.82, 2.24) is 10.2 Å². The van der Waals surface area contributed by atoms with E-state index in [2.05, 4.69) is 5.32 Å². The maximum Gasteiger partial charge on any atom is 0.410 e. The first-order valence-electron chi connectivity index (χ1n) is 12.2. The number of ether oxygens (including phenoxy) is 1. The fraction of sp³-hybridized carbons (Fsp3) is 0.241. The minimum absolute atomic E-state index is 0.104. The van der Waals surface area contributed by atoms with Gasteiger partial charge in [-0.25, -0.2) is 4.79 Å². The highest BCUT2D eigenvalue weighted by Crippen LogP contribution is 2.20. The van der Waals surface area contributed by atoms with Gasteiger partial charge in [0.05, 0.1) is 0 Å². The summed E-state index contributed by atoms with van der Waals surface area (Å²) in [6.45, 7) is 0.501. The Labute approximate surface area is 215 Å². The zero-order valence-electron chi connectivity index (χ0n) is 20.3. The second-order valence-electron chi connectivity index (χ2n) is 8.95. The van der Waals surface area contributed by atoms with E-state index in [1.807, 2.05) is 36.4 Å². The molecule has 0 bridgehead atoms. The average molecular weight is 500 g/mol. The van der Waals surface area contributed by atoms with E-state index in [-0.39, 0.29) is 18.8 Å². The van der Waals surface area contributed by atoms with Crippen LogP contribution in [0.3, 0.4) is 0 Å². The van der Waals surface area contributed by atoms with Gasteiger partial charge in [-0.15, -0.1) is 0 Å². The minimum Gasteiger partial charge on any atom is -0.445 e. The third-order valence-electron chi connectivity index (χ3n) is 6.35. The van der Waals surface area contributed by atoms with Crippen molar-refractivity contribution >= 4 is 23.7 Å². The number of carbonyl (C=O) groups excluding carboxylic acids is 4. The third kappa shape index (κ3) is 6.61. The van der Waals surface area contributed by atoms with Crippen LogP contribution >= 0.6 is 0 Å². The molecule has 3 N–H and O–H groups in total. The normalized spacial score (nSPS) is 15.6. The minimum atomic E-state index is -0.967. The van der Waals surface area contributed by atoms with Crippen LogP contribution in [0.4, 0.5) is 4.79 Å². The molecular weight excluding hydrogens is 470 g/mol. The van der Waals surface area contributed by atoms with E-state index in [1.165, 1.54) is 4.90 Å². The number of likely N-dealkylation sites (tertiary alicyclic amines) is 1. The first-order valence-corrected chi connectivity index (χ1v) is 12.2. The summed E-state index contributed by atoms with van der Waals surface area (Å²) in [5.41, 5.74) is 8.27. The molecule has 1 saturated heterocycles. The highest BCUT2D eigenvalue weighted by Gasteiger charge is 2.36. The number of benzene rings is 3. The number of nitrogens with one attached hydrogen (secondary N) is 1. The van der Waals surface area contributed by atoms with E-state index in [0.29, 0.717) is 30.5 Å². The van der Waals surface area contributed by atoms with Crippen molar-refractivity contribution in [1.29, 1.82) is 0 Å². The number of hydrogen-bond acceptors (Lipinski definition) is 5. The lowest BCUT2D eigenvalue weighted by Gasteiger charge is -2.25. The molecule has 0 aliphatic carbocycles. The van der Waals surface area contributed by atoms with Crippen LogP contribution in [0.2, 0.25) is 0 Å². The largest absolute Gasteiger partial charge is 0.445 e. The average Bonchev–Trinajstić information content (AvgIpc) is 3.43. The van der Waals surface area contributed by atoms with Gasteiger partial charge in [0.2, 0.25) is 11.8 Å². The molecule has 2 atom stereocenters. The fourth-order valence-corrected chi connectivity index (χ4v) is 4.33. The number of hydrogen-bond donors (Lipinski definition) is 2. The predicted molar refractivity (Wildman–Crippen MR) is 138 cm³/mol. The van der Waals surface area contributed by atoms with E-state index in [1.54, 1.807) is 48.5 Å². The lowest BCUT2D eigenvalue weighted by atomic mass is 9.99. The van der Waals surface area contributed by atoms with Gasteiger partial charge in [-0.2, -0.15) is 0 Å². The Balaban J connectivity index is 1.36. The molecule has 3 aromatic carbocycles. The van der Waals surface area contributed by atoms with E-state index >= 15 is 0 Å². The number of carbonyl (C=O) groups is 4. The summed E-state index contributed by atoms with van der Waals surface area (Å²) in [4.78, 5) is 51.8. The summed E-state index contributed by atoms with van der Waals surface area (Å²) in [5, 5.41) is 2.70. The molecule has 4 rings (SSSR count). The van der Waals surface area contributed by atoms with Gasteiger partial charge in [-0.1, -0.05) is 84.9 Å². The zero-order chi connectivity index (χ0) is 26.2. The van der Waals surface area contributed by atoms with Gasteiger partial charge in [0.25, 0.3) is 0 Å². The van der Waals surface area contributed by atoms with E-state index in [0.717, 1.165) is 11.1 Å². The first kappa shape index (κ1) is 25.6. The molecule has 1 heterocycles. The molecule has 0 spiro atoms. The van der Waals surface area contributed by atoms with Gasteiger partial charge >= 0.3 is 6.09 Å². The van der Waals surface area contributed by atoms with Gasteiger partial charge in [0, 0.05) is 24.1 Å². The molecule has 1 fully saturated rings. The summed E-state index contributed by atoms with van der Waals surface area (Å²) >= 11 is 0. The van der Waals surface area contributed by atoms with Crippen LogP contribution in [-0.4, -0.2) is 47.2 Å². The fourth-order valence-electron chi connectivity index (χ4n) is 4.33. The maximum absolute atomic E-state index is 13.0. The maximum atomic E-state index is 13.0. The molecule has 0 unspecified atom stereocenters. The van der Waals surface area contributed by atoms with E-state index in [4.69, 9.17) is 10.5 Å². The molecule has 3 amide bonds. The van der Waals surface area contributed by atoms with Crippen molar-refractivity contribution in [2.75, 3.05) is 6.54 Å². The first-order chi connectivity index (χ1) is 17.9. The van der Waals surface area contributed by atoms with Crippen molar-refractivity contribution in [3.63, 3.8) is 0 Å². The second-order valence-corrected chi connectivity index (χ2v) is 8.95. The van der Waals surface area contributed by atoms with Crippen LogP contribution in [0.5, 0.6) is 0 Å². The van der Waals surface area contributed by atoms with Crippen molar-refractivity contribution in [2.45, 2.75) is 38.0 Å². The Kier molecular flexibility index (Phi) is 8.30. The third-order valence-corrected chi connectivity index (χ3v) is 6.35. The summed E-state index contributed by atoms with van der Waals surface area (Å²) in [7, 11) is 0. The van der Waals surface area contributed by atoms with Gasteiger partial charge < -0.3 is 15.8 Å². The van der Waals surface area contributed by atoms with E-state index in [9.17, 15) is 19.2 Å². The molecule has 8 heteroatoms. The van der Waals surface area contributed by atoms with Crippen LogP contribution in [0.15, 0.2) is 84.9 Å². The van der Waals surface area contributed by atoms with E-state index < -0.39 is 30.0 Å². The molecule has 1 aliphatic rings. The predicted octanol–water partition coefficient (Wildman–Crippen LogP) is 3.23. The topological polar surface area (TPSA) is 119 Å². The molecule has 0 radical (unpaired) electrons. The number of amides is 3. The number of nitrogens with two attached hydrogens (primary N) is 1. The van der Waals surface area contributed by atoms with Gasteiger partial charge in [-0.3, -0.25) is 19.3 Å². The molecule has 190 valence electrons. The molecule has 1 aliphatic heterocycles. The second kappa shape index (κ2) is 12.0. The number of ketones is 1. The Bertz CT molecular complexity index is 1250. The number of primary amides is 1. The molecule has 0 aromatic heterocycles. The van der Waals surface area contributed by atoms with Crippen molar-refractivity contribution < 1.29 is 23.9 Å². The van der Waals surface area contributed by atoms with Crippen LogP contribution in [0, 0.1) is 0 Å². The van der Waals surface area contributed by atoms with Gasteiger partial charge in [-0.05, 0) is 24.0 Å². The molecular formula is C29H29N3O5. The Morgan fingerprint density at radius 2 is 1.49 bits per heavy atom. The van der Waals surface area contributed by atoms with Crippen molar-refractivity contribution in [3.05, 3.63) is 107 Å². The Hall–Kier alpha value is -4.46. The highest BCUT2D eigenvalue weighted by atomic mass is 16.6. The smallest absolute Gasteiger partial charge is 0.410 e. The summed E-state index contributed by atoms with van der Waals surface area (Å²) < 4.78 is 5.39. The number of nitrogens with zero attached hydrogens (tertiary/aromatic N) is 1. The SMILES string of the molecule is NC(=O)[C@@H](Cc1ccc(C(=O)c2ccccc2)cc1)NC(=O)[C@H]1CCCN1C(=O)OCc1ccccc1. The highest BCUT2D eigenvalue weighted by molar-refractivity contribution is 6.08. The quantitative estimate of drug-likeness (QED) is 0.438. The Morgan fingerprint density at radius 3 is 2.14 bits per heavy atom. The monoisotopic (exact) mass is 499 g/mol. The molecule has 8 nitrogen and oxygen atoms in total. The number of rotatable bonds is 9. The molecule has 37 heavy (non-hydrogen) atoms. The van der Waals surface area contributed by atoms with Gasteiger partial charge in [0.15, 0.2) is 5.78 Å².